The largest absolute Gasteiger partial charge is 0.533 e. The molecule has 0 amide bonds. The van der Waals surface area contributed by atoms with Crippen LogP contribution in [0.25, 0.3) is 0 Å². The van der Waals surface area contributed by atoms with Crippen LogP contribution in [-0.4, -0.2) is 16.6 Å². The molecule has 0 radical (unpaired) electrons. The maximum absolute atomic E-state index is 6.29. The van der Waals surface area contributed by atoms with Gasteiger partial charge >= 0.3 is 0 Å². The van der Waals surface area contributed by atoms with Crippen molar-refractivity contribution in [1.82, 2.24) is 0 Å². The van der Waals surface area contributed by atoms with E-state index in [0.717, 1.165) is 5.88 Å². The smallest absolute Gasteiger partial charge is 0.244 e. The highest BCUT2D eigenvalue weighted by atomic mass is 28.4. The second kappa shape index (κ2) is 5.97. The molecule has 0 bridgehead atoms. The number of rotatable bonds is 5. The zero-order chi connectivity index (χ0) is 14.7. The summed E-state index contributed by atoms with van der Waals surface area (Å²) in [7, 11) is -3.15. The number of hydrogen-bond donors (Lipinski definition) is 0. The number of benzene rings is 1. The highest BCUT2D eigenvalue weighted by Crippen LogP contribution is 2.28. The van der Waals surface area contributed by atoms with Crippen molar-refractivity contribution < 1.29 is 4.43 Å². The van der Waals surface area contributed by atoms with Gasteiger partial charge in [0, 0.05) is 5.69 Å². The predicted molar refractivity (Wildman–Crippen MR) is 90.5 cm³/mol. The van der Waals surface area contributed by atoms with E-state index in [1.807, 2.05) is 0 Å². The molecule has 19 heavy (non-hydrogen) atoms. The lowest BCUT2D eigenvalue weighted by atomic mass is 10.3. The van der Waals surface area contributed by atoms with Crippen LogP contribution in [0, 0.1) is 0 Å². The Kier molecular flexibility index (Phi) is 5.04. The van der Waals surface area contributed by atoms with Crippen molar-refractivity contribution in [3.05, 3.63) is 42.3 Å². The molecule has 0 spiro atoms. The number of para-hydroxylation sites is 1. The zero-order valence-electron chi connectivity index (χ0n) is 13.3. The lowest BCUT2D eigenvalue weighted by molar-refractivity contribution is 0.415. The first-order chi connectivity index (χ1) is 8.65. The van der Waals surface area contributed by atoms with Crippen LogP contribution in [0.3, 0.4) is 0 Å². The summed E-state index contributed by atoms with van der Waals surface area (Å²) < 4.78 is 8.70. The molecule has 0 aromatic heterocycles. The van der Waals surface area contributed by atoms with Gasteiger partial charge in [-0.25, -0.2) is 0 Å². The van der Waals surface area contributed by atoms with E-state index in [0.29, 0.717) is 0 Å². The summed E-state index contributed by atoms with van der Waals surface area (Å²) in [4.78, 5) is 0. The molecular weight excluding hydrogens is 266 g/mol. The van der Waals surface area contributed by atoms with Crippen molar-refractivity contribution in [3.63, 3.8) is 0 Å². The first kappa shape index (κ1) is 16.0. The highest BCUT2D eigenvalue weighted by Gasteiger charge is 2.30. The van der Waals surface area contributed by atoms with Gasteiger partial charge in [0.2, 0.25) is 8.32 Å². The van der Waals surface area contributed by atoms with Crippen LogP contribution < -0.4 is 4.57 Å². The molecule has 0 saturated heterocycles. The van der Waals surface area contributed by atoms with Gasteiger partial charge in [-0.3, -0.25) is 0 Å². The SMILES string of the molecule is C/C=C(/O[Si](C)(C)C)N(c1ccccc1)[Si](C)(C)C. The molecule has 2 nitrogen and oxygen atoms in total. The molecule has 0 fully saturated rings. The van der Waals surface area contributed by atoms with Crippen LogP contribution in [0.5, 0.6) is 0 Å². The summed E-state index contributed by atoms with van der Waals surface area (Å²) in [5.41, 5.74) is 1.23. The van der Waals surface area contributed by atoms with Gasteiger partial charge in [-0.1, -0.05) is 37.8 Å². The average Bonchev–Trinajstić information content (AvgIpc) is 2.26. The van der Waals surface area contributed by atoms with E-state index >= 15 is 0 Å². The summed E-state index contributed by atoms with van der Waals surface area (Å²) in [5, 5.41) is 0. The Bertz CT molecular complexity index is 430. The molecule has 0 heterocycles. The van der Waals surface area contributed by atoms with E-state index in [2.05, 4.69) is 87.2 Å². The monoisotopic (exact) mass is 293 g/mol. The fourth-order valence-corrected chi connectivity index (χ4v) is 4.66. The number of anilines is 1. The molecule has 0 aliphatic rings. The van der Waals surface area contributed by atoms with E-state index < -0.39 is 16.6 Å². The molecule has 0 aliphatic heterocycles. The second-order valence-electron chi connectivity index (χ2n) is 6.68. The van der Waals surface area contributed by atoms with Gasteiger partial charge in [-0.15, -0.1) is 0 Å². The van der Waals surface area contributed by atoms with Crippen molar-refractivity contribution in [2.45, 2.75) is 46.2 Å². The predicted octanol–water partition coefficient (Wildman–Crippen LogP) is 5.04. The van der Waals surface area contributed by atoms with Crippen LogP contribution in [0.4, 0.5) is 5.69 Å². The third kappa shape index (κ3) is 4.88. The van der Waals surface area contributed by atoms with E-state index in [1.54, 1.807) is 0 Å². The summed E-state index contributed by atoms with van der Waals surface area (Å²) >= 11 is 0. The summed E-state index contributed by atoms with van der Waals surface area (Å²) in [6, 6.07) is 10.6. The summed E-state index contributed by atoms with van der Waals surface area (Å²) in [6.45, 7) is 15.8. The first-order valence-corrected chi connectivity index (χ1v) is 13.7. The topological polar surface area (TPSA) is 12.5 Å². The number of hydrogen-bond acceptors (Lipinski definition) is 2. The molecule has 1 aromatic carbocycles. The first-order valence-electron chi connectivity index (χ1n) is 6.86. The molecule has 0 atom stereocenters. The minimum Gasteiger partial charge on any atom is -0.533 e. The van der Waals surface area contributed by atoms with Gasteiger partial charge in [0.25, 0.3) is 0 Å². The summed E-state index contributed by atoms with van der Waals surface area (Å²) in [6.07, 6.45) is 2.10. The minimum absolute atomic E-state index is 1.02. The Labute approximate surface area is 120 Å². The van der Waals surface area contributed by atoms with Gasteiger partial charge < -0.3 is 8.99 Å². The minimum atomic E-state index is -1.60. The Hall–Kier alpha value is -1.01. The normalized spacial score (nSPS) is 13.3. The number of nitrogens with zero attached hydrogens (tertiary/aromatic N) is 1. The Balaban J connectivity index is 3.18. The molecule has 0 unspecified atom stereocenters. The van der Waals surface area contributed by atoms with Gasteiger partial charge in [0.15, 0.2) is 14.1 Å². The van der Waals surface area contributed by atoms with Crippen molar-refractivity contribution in [2.75, 3.05) is 4.57 Å². The van der Waals surface area contributed by atoms with Crippen molar-refractivity contribution in [1.29, 1.82) is 0 Å². The zero-order valence-corrected chi connectivity index (χ0v) is 15.3. The quantitative estimate of drug-likeness (QED) is 0.557. The Morgan fingerprint density at radius 2 is 1.53 bits per heavy atom. The lowest BCUT2D eigenvalue weighted by Crippen LogP contribution is -2.48. The van der Waals surface area contributed by atoms with Crippen LogP contribution in [0.1, 0.15) is 6.92 Å². The van der Waals surface area contributed by atoms with E-state index in [4.69, 9.17) is 4.43 Å². The fraction of sp³-hybridized carbons (Fsp3) is 0.467. The average molecular weight is 294 g/mol. The molecule has 4 heteroatoms. The van der Waals surface area contributed by atoms with Crippen molar-refractivity contribution in [3.8, 4) is 0 Å². The van der Waals surface area contributed by atoms with Crippen LogP contribution in [-0.2, 0) is 4.43 Å². The molecule has 0 aliphatic carbocycles. The maximum atomic E-state index is 6.29. The van der Waals surface area contributed by atoms with E-state index in [-0.39, 0.29) is 0 Å². The second-order valence-corrected chi connectivity index (χ2v) is 15.9. The molecular formula is C15H27NOSi2. The lowest BCUT2D eigenvalue weighted by Gasteiger charge is -2.40. The molecule has 1 aromatic rings. The Morgan fingerprint density at radius 1 is 1.00 bits per heavy atom. The third-order valence-corrected chi connectivity index (χ3v) is 5.21. The van der Waals surface area contributed by atoms with Crippen molar-refractivity contribution >= 4 is 22.2 Å². The van der Waals surface area contributed by atoms with Gasteiger partial charge in [-0.05, 0) is 44.8 Å². The van der Waals surface area contributed by atoms with Gasteiger partial charge in [-0.2, -0.15) is 0 Å². The highest BCUT2D eigenvalue weighted by molar-refractivity contribution is 6.80. The van der Waals surface area contributed by atoms with Crippen LogP contribution >= 0.6 is 0 Å². The third-order valence-electron chi connectivity index (χ3n) is 2.56. The summed E-state index contributed by atoms with van der Waals surface area (Å²) in [5.74, 6) is 1.02. The maximum Gasteiger partial charge on any atom is 0.244 e. The molecule has 1 rings (SSSR count). The number of allylic oxidation sites excluding steroid dienone is 1. The van der Waals surface area contributed by atoms with Gasteiger partial charge in [0.05, 0.1) is 0 Å². The van der Waals surface area contributed by atoms with E-state index in [1.165, 1.54) is 5.69 Å². The molecule has 0 N–H and O–H groups in total. The standard InChI is InChI=1S/C15H27NOSi2/c1-8-15(17-19(5,6)7)16(18(2,3)4)14-12-10-9-11-13-14/h8-13H,1-7H3/b15-8+. The van der Waals surface area contributed by atoms with Crippen molar-refractivity contribution in [2.24, 2.45) is 0 Å². The fourth-order valence-electron chi connectivity index (χ4n) is 1.97. The van der Waals surface area contributed by atoms with E-state index in [9.17, 15) is 0 Å². The Morgan fingerprint density at radius 3 is 1.89 bits per heavy atom. The van der Waals surface area contributed by atoms with Gasteiger partial charge in [0.1, 0.15) is 0 Å². The molecule has 0 saturated carbocycles. The van der Waals surface area contributed by atoms with Crippen LogP contribution in [0.15, 0.2) is 42.3 Å². The molecule has 106 valence electrons. The van der Waals surface area contributed by atoms with Crippen LogP contribution in [0.2, 0.25) is 39.3 Å².